The minimum absolute atomic E-state index is 0.0558. The molecule has 0 unspecified atom stereocenters. The van der Waals surface area contributed by atoms with Crippen molar-refractivity contribution in [1.29, 1.82) is 0 Å². The minimum Gasteiger partial charge on any atom is -0.491 e. The van der Waals surface area contributed by atoms with E-state index in [1.165, 1.54) is 11.1 Å². The number of aromatic nitrogens is 1. The third-order valence-electron chi connectivity index (χ3n) is 6.80. The first-order chi connectivity index (χ1) is 16.5. The van der Waals surface area contributed by atoms with Crippen molar-refractivity contribution in [2.45, 2.75) is 52.7 Å². The molecule has 0 fully saturated rings. The fourth-order valence-corrected chi connectivity index (χ4v) is 5.70. The Balaban J connectivity index is 1.94. The van der Waals surface area contributed by atoms with Gasteiger partial charge < -0.3 is 14.4 Å². The van der Waals surface area contributed by atoms with Crippen molar-refractivity contribution in [3.05, 3.63) is 77.4 Å². The van der Waals surface area contributed by atoms with Crippen LogP contribution in [0.2, 0.25) is 0 Å². The number of carbonyl (C=O) groups excluding carboxylic acids is 1. The van der Waals surface area contributed by atoms with Gasteiger partial charge in [-0.1, -0.05) is 30.3 Å². The molecular weight excluding hydrogens is 422 g/mol. The van der Waals surface area contributed by atoms with Crippen LogP contribution in [0.5, 0.6) is 5.75 Å². The summed E-state index contributed by atoms with van der Waals surface area (Å²) < 4.78 is 8.19. The molecule has 0 aliphatic heterocycles. The highest BCUT2D eigenvalue weighted by atomic mass is 16.5. The normalized spacial score (nSPS) is 12.7. The molecular formula is C30H31NO3. The summed E-state index contributed by atoms with van der Waals surface area (Å²) in [5, 5.41) is 12.2. The number of ether oxygens (including phenoxy) is 1. The summed E-state index contributed by atoms with van der Waals surface area (Å²) in [4.78, 5) is 13.2. The van der Waals surface area contributed by atoms with Gasteiger partial charge in [-0.15, -0.1) is 6.58 Å². The van der Waals surface area contributed by atoms with Gasteiger partial charge in [-0.3, -0.25) is 4.79 Å². The SMILES string of the molecule is C=CCc1c(C(C)=O)c2c(c3c1c1ccccc1n3CCO)CCc1cc(OC(C)C)ccc1-2. The smallest absolute Gasteiger partial charge is 0.160 e. The van der Waals surface area contributed by atoms with Gasteiger partial charge in [0.2, 0.25) is 0 Å². The molecule has 5 rings (SSSR count). The van der Waals surface area contributed by atoms with E-state index < -0.39 is 0 Å². The van der Waals surface area contributed by atoms with Crippen molar-refractivity contribution >= 4 is 27.6 Å². The number of aliphatic hydroxyl groups is 1. The fraction of sp³-hybridized carbons (Fsp3) is 0.300. The molecule has 0 bridgehead atoms. The van der Waals surface area contributed by atoms with Crippen LogP contribution in [0, 0.1) is 0 Å². The second-order valence-electron chi connectivity index (χ2n) is 9.36. The zero-order valence-electron chi connectivity index (χ0n) is 20.1. The van der Waals surface area contributed by atoms with Gasteiger partial charge in [-0.2, -0.15) is 0 Å². The fourth-order valence-electron chi connectivity index (χ4n) is 5.70. The van der Waals surface area contributed by atoms with Gasteiger partial charge in [0.15, 0.2) is 5.78 Å². The van der Waals surface area contributed by atoms with Gasteiger partial charge in [-0.05, 0) is 86.1 Å². The summed E-state index contributed by atoms with van der Waals surface area (Å²) in [6, 6.07) is 14.6. The number of hydrogen-bond donors (Lipinski definition) is 1. The number of rotatable bonds is 7. The van der Waals surface area contributed by atoms with Gasteiger partial charge in [0.05, 0.1) is 18.2 Å². The predicted molar refractivity (Wildman–Crippen MR) is 139 cm³/mol. The van der Waals surface area contributed by atoms with Gasteiger partial charge in [0, 0.05) is 28.4 Å². The van der Waals surface area contributed by atoms with Crippen LogP contribution < -0.4 is 4.74 Å². The number of fused-ring (bicyclic) bond motifs is 7. The van der Waals surface area contributed by atoms with Crippen LogP contribution in [-0.2, 0) is 25.8 Å². The summed E-state index contributed by atoms with van der Waals surface area (Å²) in [6.45, 7) is 10.3. The Morgan fingerprint density at radius 1 is 1.21 bits per heavy atom. The lowest BCUT2D eigenvalue weighted by Gasteiger charge is -2.27. The van der Waals surface area contributed by atoms with E-state index in [0.717, 1.165) is 62.7 Å². The molecule has 4 nitrogen and oxygen atoms in total. The van der Waals surface area contributed by atoms with Crippen LogP contribution in [0.4, 0.5) is 0 Å². The van der Waals surface area contributed by atoms with Crippen LogP contribution in [-0.4, -0.2) is 28.2 Å². The molecule has 1 aromatic heterocycles. The number of ketones is 1. The number of nitrogens with zero attached hydrogens (tertiary/aromatic N) is 1. The first-order valence-corrected chi connectivity index (χ1v) is 12.1. The zero-order valence-corrected chi connectivity index (χ0v) is 20.1. The van der Waals surface area contributed by atoms with Crippen molar-refractivity contribution < 1.29 is 14.6 Å². The number of benzene rings is 3. The number of hydrogen-bond acceptors (Lipinski definition) is 3. The molecule has 0 saturated heterocycles. The Hall–Kier alpha value is -3.37. The summed E-state index contributed by atoms with van der Waals surface area (Å²) in [5.74, 6) is 0.938. The van der Waals surface area contributed by atoms with Gasteiger partial charge in [0.1, 0.15) is 5.75 Å². The molecule has 0 radical (unpaired) electrons. The van der Waals surface area contributed by atoms with Crippen LogP contribution >= 0.6 is 0 Å². The maximum absolute atomic E-state index is 13.2. The summed E-state index contributed by atoms with van der Waals surface area (Å²) in [6.07, 6.45) is 4.31. The molecule has 3 aromatic carbocycles. The van der Waals surface area contributed by atoms with E-state index in [0.29, 0.717) is 13.0 Å². The molecule has 4 heteroatoms. The van der Waals surface area contributed by atoms with E-state index in [1.807, 2.05) is 38.1 Å². The molecule has 1 N–H and O–H groups in total. The van der Waals surface area contributed by atoms with E-state index in [4.69, 9.17) is 4.74 Å². The van der Waals surface area contributed by atoms with Crippen molar-refractivity contribution in [3.8, 4) is 16.9 Å². The Morgan fingerprint density at radius 2 is 2.00 bits per heavy atom. The zero-order chi connectivity index (χ0) is 24.0. The quantitative estimate of drug-likeness (QED) is 0.265. The number of carbonyl (C=O) groups is 1. The molecule has 0 spiro atoms. The first kappa shape index (κ1) is 22.4. The van der Waals surface area contributed by atoms with E-state index >= 15 is 0 Å². The van der Waals surface area contributed by atoms with Crippen molar-refractivity contribution in [2.75, 3.05) is 6.61 Å². The Labute approximate surface area is 200 Å². The lowest BCUT2D eigenvalue weighted by Crippen LogP contribution is -2.15. The summed E-state index contributed by atoms with van der Waals surface area (Å²) in [5.41, 5.74) is 8.61. The third kappa shape index (κ3) is 3.45. The third-order valence-corrected chi connectivity index (χ3v) is 6.80. The molecule has 1 heterocycles. The molecule has 1 aliphatic carbocycles. The highest BCUT2D eigenvalue weighted by Gasteiger charge is 2.30. The maximum atomic E-state index is 13.2. The number of Topliss-reactive ketones (excluding diaryl/α,β-unsaturated/α-hetero) is 1. The number of para-hydroxylation sites is 1. The molecule has 174 valence electrons. The Kier molecular flexibility index (Phi) is 5.78. The van der Waals surface area contributed by atoms with Gasteiger partial charge in [0.25, 0.3) is 0 Å². The average molecular weight is 454 g/mol. The maximum Gasteiger partial charge on any atom is 0.160 e. The van der Waals surface area contributed by atoms with Crippen molar-refractivity contribution in [1.82, 2.24) is 4.57 Å². The standard InChI is InChI=1S/C30H31NO3/c1-5-8-24-27(19(4)33)28-22-14-12-21(34-18(2)3)17-20(22)11-13-25(28)30-29(24)23-9-6-7-10-26(23)31(30)15-16-32/h5-7,9-10,12,14,17-18,32H,1,8,11,13,15-16H2,2-4H3. The van der Waals surface area contributed by atoms with E-state index in [2.05, 4.69) is 35.4 Å². The van der Waals surface area contributed by atoms with Crippen molar-refractivity contribution in [3.63, 3.8) is 0 Å². The van der Waals surface area contributed by atoms with Crippen molar-refractivity contribution in [2.24, 2.45) is 0 Å². The van der Waals surface area contributed by atoms with Crippen LogP contribution in [0.15, 0.2) is 55.1 Å². The second-order valence-corrected chi connectivity index (χ2v) is 9.36. The molecule has 4 aromatic rings. The number of aliphatic hydroxyl groups excluding tert-OH is 1. The summed E-state index contributed by atoms with van der Waals surface area (Å²) >= 11 is 0. The van der Waals surface area contributed by atoms with E-state index in [1.54, 1.807) is 6.92 Å². The van der Waals surface area contributed by atoms with E-state index in [9.17, 15) is 9.90 Å². The molecule has 0 atom stereocenters. The number of aryl methyl sites for hydroxylation is 2. The molecule has 34 heavy (non-hydrogen) atoms. The highest BCUT2D eigenvalue weighted by Crippen LogP contribution is 2.46. The predicted octanol–water partition coefficient (Wildman–Crippen LogP) is 6.27. The lowest BCUT2D eigenvalue weighted by atomic mass is 9.78. The monoisotopic (exact) mass is 453 g/mol. The van der Waals surface area contributed by atoms with Crippen LogP contribution in [0.25, 0.3) is 32.9 Å². The molecule has 0 saturated carbocycles. The second kappa shape index (κ2) is 8.77. The average Bonchev–Trinajstić information content (AvgIpc) is 3.13. The first-order valence-electron chi connectivity index (χ1n) is 12.1. The minimum atomic E-state index is 0.0558. The van der Waals surface area contributed by atoms with E-state index in [-0.39, 0.29) is 18.5 Å². The van der Waals surface area contributed by atoms with Crippen LogP contribution in [0.1, 0.15) is 47.8 Å². The lowest BCUT2D eigenvalue weighted by molar-refractivity contribution is 0.101. The Bertz CT molecular complexity index is 1440. The van der Waals surface area contributed by atoms with Gasteiger partial charge in [-0.25, -0.2) is 0 Å². The molecule has 0 amide bonds. The largest absolute Gasteiger partial charge is 0.491 e. The highest BCUT2D eigenvalue weighted by molar-refractivity contribution is 6.18. The number of allylic oxidation sites excluding steroid dienone is 1. The van der Waals surface area contributed by atoms with Gasteiger partial charge >= 0.3 is 0 Å². The topological polar surface area (TPSA) is 51.5 Å². The van der Waals surface area contributed by atoms with Crippen LogP contribution in [0.3, 0.4) is 0 Å². The summed E-state index contributed by atoms with van der Waals surface area (Å²) in [7, 11) is 0. The Morgan fingerprint density at radius 3 is 2.71 bits per heavy atom. The molecule has 1 aliphatic rings.